The van der Waals surface area contributed by atoms with Gasteiger partial charge in [-0.2, -0.15) is 17.7 Å². The van der Waals surface area contributed by atoms with E-state index in [0.29, 0.717) is 31.4 Å². The third-order valence-corrected chi connectivity index (χ3v) is 13.3. The summed E-state index contributed by atoms with van der Waals surface area (Å²) in [6.45, 7) is 12.7. The lowest BCUT2D eigenvalue weighted by molar-refractivity contribution is -0.141. The van der Waals surface area contributed by atoms with Crippen LogP contribution in [0.4, 0.5) is 4.79 Å². The first kappa shape index (κ1) is 43.1. The van der Waals surface area contributed by atoms with Gasteiger partial charge in [0.1, 0.15) is 36.1 Å². The molecule has 3 aliphatic rings. The van der Waals surface area contributed by atoms with Crippen molar-refractivity contribution in [2.45, 2.75) is 127 Å². The Labute approximate surface area is 331 Å². The van der Waals surface area contributed by atoms with Crippen molar-refractivity contribution < 1.29 is 41.8 Å². The van der Waals surface area contributed by atoms with Crippen molar-refractivity contribution in [2.75, 3.05) is 27.2 Å². The van der Waals surface area contributed by atoms with Crippen LogP contribution in [0.1, 0.15) is 65.7 Å². The first-order valence-corrected chi connectivity index (χ1v) is 24.6. The van der Waals surface area contributed by atoms with Crippen molar-refractivity contribution >= 4 is 53.1 Å². The van der Waals surface area contributed by atoms with Crippen molar-refractivity contribution in [3.8, 4) is 6.01 Å². The summed E-state index contributed by atoms with van der Waals surface area (Å²) >= 11 is 0. The molecule has 1 saturated carbocycles. The zero-order valence-corrected chi connectivity index (χ0v) is 35.7. The van der Waals surface area contributed by atoms with Crippen LogP contribution in [0.25, 0.3) is 11.0 Å². The number of fused-ring (bicyclic) bond motifs is 3. The van der Waals surface area contributed by atoms with E-state index in [1.807, 2.05) is 41.0 Å². The summed E-state index contributed by atoms with van der Waals surface area (Å²) in [4.78, 5) is 61.8. The van der Waals surface area contributed by atoms with Crippen molar-refractivity contribution in [2.24, 2.45) is 5.92 Å². The summed E-state index contributed by atoms with van der Waals surface area (Å²) in [6, 6.07) is 6.65. The lowest BCUT2D eigenvalue weighted by atomic mass is 10.0. The number of alkyl carbamates (subject to hydrolysis) is 1. The van der Waals surface area contributed by atoms with Gasteiger partial charge in [0.25, 0.3) is 11.9 Å². The standard InChI is InChI=1S/C38H59N7O9SSi/c1-37(2,3)54-36(49)40-29-18-13-11-9-10-12-16-26-23-38(26,34(48)42-55(50,51)43(4)5)41-32(46)31-22-27(24-44(31)33(29)47)53-35-39-28-17-14-15-19-30(28)45(35)25-52-20-21-56(6,7)8/h12,14-17,19,26-27,29,31H,9-11,13,18,20-25H2,1-8H3,(H,40,49)(H,41,46)(H,42,48)/b16-12-/t26-,27+,29-,31-,38+/m0/s1. The molecule has 1 aromatic carbocycles. The minimum absolute atomic E-state index is 0.0271. The summed E-state index contributed by atoms with van der Waals surface area (Å²) in [7, 11) is -2.93. The molecule has 16 nitrogen and oxygen atoms in total. The van der Waals surface area contributed by atoms with Crippen molar-refractivity contribution in [1.82, 2.24) is 34.1 Å². The maximum atomic E-state index is 14.5. The first-order chi connectivity index (χ1) is 26.2. The largest absolute Gasteiger partial charge is 0.459 e. The number of aromatic nitrogens is 2. The highest BCUT2D eigenvalue weighted by Crippen LogP contribution is 2.46. The number of hydrogen-bond donors (Lipinski definition) is 3. The molecule has 310 valence electrons. The molecule has 4 amide bonds. The topological polar surface area (TPSA) is 190 Å². The Hall–Kier alpha value is -4.00. The van der Waals surface area contributed by atoms with Gasteiger partial charge in [0.15, 0.2) is 0 Å². The normalized spacial score (nSPS) is 25.7. The SMILES string of the molecule is CN(C)S(=O)(=O)NC(=O)[C@@]12C[C@@H]1/C=C\CCCCC[C@H](NC(=O)OC(C)(C)C)C(=O)N1C[C@H](Oc3nc4ccccc4n3COCC[Si](C)(C)C)C[C@H]1C(=O)N2. The molecular formula is C38H59N7O9SSi. The van der Waals surface area contributed by atoms with Gasteiger partial charge in [0.05, 0.1) is 17.6 Å². The number of para-hydroxylation sites is 2. The molecule has 18 heteroatoms. The first-order valence-electron chi connectivity index (χ1n) is 19.4. The number of allylic oxidation sites excluding steroid dienone is 1. The minimum atomic E-state index is -4.17. The molecule has 2 aliphatic heterocycles. The Morgan fingerprint density at radius 3 is 2.54 bits per heavy atom. The third-order valence-electron chi connectivity index (χ3n) is 10.1. The Bertz CT molecular complexity index is 1910. The maximum Gasteiger partial charge on any atom is 0.408 e. The number of ether oxygens (including phenoxy) is 3. The molecule has 1 aliphatic carbocycles. The van der Waals surface area contributed by atoms with E-state index >= 15 is 0 Å². The fraction of sp³-hybridized carbons (Fsp3) is 0.658. The second kappa shape index (κ2) is 17.2. The predicted octanol–water partition coefficient (Wildman–Crippen LogP) is 3.91. The van der Waals surface area contributed by atoms with Crippen LogP contribution in [0.2, 0.25) is 25.7 Å². The highest BCUT2D eigenvalue weighted by Gasteiger charge is 2.61. The number of carbonyl (C=O) groups excluding carboxylic acids is 4. The van der Waals surface area contributed by atoms with Gasteiger partial charge in [-0.3, -0.25) is 19.0 Å². The average molecular weight is 818 g/mol. The fourth-order valence-corrected chi connectivity index (χ4v) is 8.22. The molecule has 0 radical (unpaired) electrons. The molecule has 5 rings (SSSR count). The van der Waals surface area contributed by atoms with Crippen molar-refractivity contribution in [3.05, 3.63) is 36.4 Å². The van der Waals surface area contributed by atoms with E-state index in [1.54, 1.807) is 20.8 Å². The molecule has 56 heavy (non-hydrogen) atoms. The fourth-order valence-electron chi connectivity index (χ4n) is 6.87. The Kier molecular flexibility index (Phi) is 13.3. The molecule has 3 heterocycles. The second-order valence-corrected chi connectivity index (χ2v) is 24.9. The quantitative estimate of drug-likeness (QED) is 0.170. The van der Waals surface area contributed by atoms with E-state index in [0.717, 1.165) is 28.7 Å². The Morgan fingerprint density at radius 2 is 1.84 bits per heavy atom. The van der Waals surface area contributed by atoms with E-state index < -0.39 is 77.3 Å². The van der Waals surface area contributed by atoms with Crippen LogP contribution < -0.4 is 20.1 Å². The van der Waals surface area contributed by atoms with Crippen LogP contribution in [0.15, 0.2) is 36.4 Å². The van der Waals surface area contributed by atoms with Gasteiger partial charge in [-0.1, -0.05) is 56.8 Å². The van der Waals surface area contributed by atoms with Gasteiger partial charge in [-0.15, -0.1) is 0 Å². The predicted molar refractivity (Wildman–Crippen MR) is 213 cm³/mol. The molecule has 0 bridgehead atoms. The molecule has 1 aromatic heterocycles. The van der Waals surface area contributed by atoms with E-state index in [1.165, 1.54) is 19.0 Å². The molecule has 5 atom stereocenters. The van der Waals surface area contributed by atoms with E-state index in [-0.39, 0.29) is 32.1 Å². The smallest absolute Gasteiger partial charge is 0.408 e. The lowest BCUT2D eigenvalue weighted by Crippen LogP contribution is -2.58. The summed E-state index contributed by atoms with van der Waals surface area (Å²) in [5.74, 6) is -2.48. The number of imidazole rings is 1. The number of carbonyl (C=O) groups is 4. The average Bonchev–Trinajstić information content (AvgIpc) is 3.43. The molecule has 0 unspecified atom stereocenters. The zero-order valence-electron chi connectivity index (χ0n) is 33.9. The summed E-state index contributed by atoms with van der Waals surface area (Å²) < 4.78 is 48.4. The van der Waals surface area contributed by atoms with Crippen LogP contribution in [0.3, 0.4) is 0 Å². The van der Waals surface area contributed by atoms with Crippen molar-refractivity contribution in [1.29, 1.82) is 0 Å². The molecule has 3 N–H and O–H groups in total. The minimum Gasteiger partial charge on any atom is -0.459 e. The van der Waals surface area contributed by atoms with Gasteiger partial charge < -0.3 is 29.7 Å². The number of nitrogens with one attached hydrogen (secondary N) is 3. The highest BCUT2D eigenvalue weighted by atomic mass is 32.2. The number of nitrogens with zero attached hydrogens (tertiary/aromatic N) is 4. The third kappa shape index (κ3) is 10.9. The van der Waals surface area contributed by atoms with Crippen LogP contribution >= 0.6 is 0 Å². The lowest BCUT2D eigenvalue weighted by Gasteiger charge is -2.30. The summed E-state index contributed by atoms with van der Waals surface area (Å²) in [6.07, 6.45) is 5.64. The van der Waals surface area contributed by atoms with Crippen LogP contribution in [0, 0.1) is 5.92 Å². The van der Waals surface area contributed by atoms with Gasteiger partial charge in [0, 0.05) is 41.1 Å². The highest BCUT2D eigenvalue weighted by molar-refractivity contribution is 7.87. The van der Waals surface area contributed by atoms with E-state index in [2.05, 4.69) is 35.0 Å². The Balaban J connectivity index is 1.47. The maximum absolute atomic E-state index is 14.5. The number of benzene rings is 1. The summed E-state index contributed by atoms with van der Waals surface area (Å²) in [5.41, 5.74) is -0.881. The van der Waals surface area contributed by atoms with Crippen LogP contribution in [-0.4, -0.2) is 116 Å². The Morgan fingerprint density at radius 1 is 1.11 bits per heavy atom. The van der Waals surface area contributed by atoms with Crippen LogP contribution in [0.5, 0.6) is 6.01 Å². The van der Waals surface area contributed by atoms with Gasteiger partial charge >= 0.3 is 16.3 Å². The van der Waals surface area contributed by atoms with Gasteiger partial charge in [-0.25, -0.2) is 9.52 Å². The van der Waals surface area contributed by atoms with E-state index in [9.17, 15) is 27.6 Å². The van der Waals surface area contributed by atoms with Gasteiger partial charge in [-0.05, 0) is 64.6 Å². The van der Waals surface area contributed by atoms with Gasteiger partial charge in [0.2, 0.25) is 11.8 Å². The molecule has 1 saturated heterocycles. The van der Waals surface area contributed by atoms with E-state index in [4.69, 9.17) is 19.2 Å². The number of rotatable bonds is 11. The molecule has 2 aromatic rings. The summed E-state index contributed by atoms with van der Waals surface area (Å²) in [5, 5.41) is 5.61. The van der Waals surface area contributed by atoms with Crippen molar-refractivity contribution in [3.63, 3.8) is 0 Å². The zero-order chi connectivity index (χ0) is 41.1. The number of amides is 4. The molecular weight excluding hydrogens is 759 g/mol. The van der Waals surface area contributed by atoms with Crippen LogP contribution in [-0.2, 0) is 40.8 Å². The monoisotopic (exact) mass is 817 g/mol. The number of hydrogen-bond acceptors (Lipinski definition) is 10. The second-order valence-electron chi connectivity index (χ2n) is 17.4. The molecule has 2 fully saturated rings. The molecule has 0 spiro atoms.